The molecular formula is C25H35FN2O2Si. The first-order chi connectivity index (χ1) is 14.5. The van der Waals surface area contributed by atoms with E-state index >= 15 is 0 Å². The summed E-state index contributed by atoms with van der Waals surface area (Å²) >= 11 is 0. The van der Waals surface area contributed by atoms with E-state index in [9.17, 15) is 9.50 Å². The molecule has 4 nitrogen and oxygen atoms in total. The second-order valence-corrected chi connectivity index (χ2v) is 15.7. The largest absolute Gasteiger partial charge is 0.416 e. The first-order valence-corrected chi connectivity index (χ1v) is 14.2. The normalized spacial score (nSPS) is 23.8. The monoisotopic (exact) mass is 442 g/mol. The summed E-state index contributed by atoms with van der Waals surface area (Å²) in [7, 11) is -1.89. The van der Waals surface area contributed by atoms with Crippen molar-refractivity contribution >= 4 is 14.4 Å². The zero-order chi connectivity index (χ0) is 22.4. The Hall–Kier alpha value is -1.76. The minimum atomic E-state index is -1.89. The molecule has 1 heterocycles. The maximum absolute atomic E-state index is 13.4. The number of hydrogen-bond donors (Lipinski definition) is 1. The molecular weight excluding hydrogens is 407 g/mol. The smallest absolute Gasteiger partial charge is 0.192 e. The molecule has 0 radical (unpaired) electrons. The van der Waals surface area contributed by atoms with E-state index in [4.69, 9.17) is 4.43 Å². The number of fused-ring (bicyclic) bond motifs is 2. The summed E-state index contributed by atoms with van der Waals surface area (Å²) in [5.41, 5.74) is 4.49. The highest BCUT2D eigenvalue weighted by atomic mass is 28.4. The number of aliphatic hydroxyl groups is 1. The van der Waals surface area contributed by atoms with Gasteiger partial charge >= 0.3 is 0 Å². The van der Waals surface area contributed by atoms with Crippen LogP contribution in [0.25, 0.3) is 11.8 Å². The van der Waals surface area contributed by atoms with Gasteiger partial charge in [-0.2, -0.15) is 5.10 Å². The Morgan fingerprint density at radius 3 is 2.61 bits per heavy atom. The number of benzene rings is 1. The van der Waals surface area contributed by atoms with Crippen LogP contribution >= 0.6 is 0 Å². The minimum absolute atomic E-state index is 0.0785. The molecule has 2 aliphatic rings. The molecule has 0 aliphatic heterocycles. The predicted molar refractivity (Wildman–Crippen MR) is 125 cm³/mol. The fourth-order valence-electron chi connectivity index (χ4n) is 4.71. The molecule has 1 fully saturated rings. The molecule has 168 valence electrons. The van der Waals surface area contributed by atoms with Crippen LogP contribution in [0.2, 0.25) is 18.1 Å². The third kappa shape index (κ3) is 4.17. The van der Waals surface area contributed by atoms with Gasteiger partial charge in [0, 0.05) is 18.6 Å². The maximum Gasteiger partial charge on any atom is 0.192 e. The van der Waals surface area contributed by atoms with Crippen LogP contribution in [-0.2, 0) is 10.8 Å². The average molecular weight is 443 g/mol. The van der Waals surface area contributed by atoms with Crippen LogP contribution in [0, 0.1) is 17.2 Å². The third-order valence-corrected chi connectivity index (χ3v) is 12.2. The first kappa shape index (κ1) is 22.4. The first-order valence-electron chi connectivity index (χ1n) is 11.3. The number of aliphatic hydroxyl groups excluding tert-OH is 1. The fourth-order valence-corrected chi connectivity index (χ4v) is 5.78. The summed E-state index contributed by atoms with van der Waals surface area (Å²) in [6, 6.07) is 6.49. The van der Waals surface area contributed by atoms with Crippen molar-refractivity contribution in [1.82, 2.24) is 9.78 Å². The molecule has 1 N–H and O–H groups in total. The molecule has 0 bridgehead atoms. The summed E-state index contributed by atoms with van der Waals surface area (Å²) in [6.45, 7) is 12.4. The van der Waals surface area contributed by atoms with Gasteiger partial charge < -0.3 is 9.53 Å². The third-order valence-electron chi connectivity index (χ3n) is 7.75. The Balaban J connectivity index is 1.69. The van der Waals surface area contributed by atoms with E-state index in [2.05, 4.69) is 45.0 Å². The van der Waals surface area contributed by atoms with Crippen LogP contribution in [0.3, 0.4) is 0 Å². The van der Waals surface area contributed by atoms with Crippen molar-refractivity contribution < 1.29 is 13.9 Å². The fraction of sp³-hybridized carbons (Fsp3) is 0.560. The molecule has 2 aliphatic carbocycles. The van der Waals surface area contributed by atoms with Gasteiger partial charge in [0.15, 0.2) is 8.32 Å². The van der Waals surface area contributed by atoms with Gasteiger partial charge in [0.25, 0.3) is 0 Å². The van der Waals surface area contributed by atoms with Crippen molar-refractivity contribution in [2.45, 2.75) is 64.6 Å². The molecule has 1 aromatic carbocycles. The molecule has 4 rings (SSSR count). The average Bonchev–Trinajstić information content (AvgIpc) is 3.12. The molecule has 6 heteroatoms. The highest BCUT2D eigenvalue weighted by Crippen LogP contribution is 2.51. The van der Waals surface area contributed by atoms with Crippen molar-refractivity contribution in [3.8, 4) is 5.69 Å². The van der Waals surface area contributed by atoms with E-state index in [1.165, 1.54) is 23.3 Å². The van der Waals surface area contributed by atoms with Crippen LogP contribution in [-0.4, -0.2) is 36.4 Å². The zero-order valence-corrected chi connectivity index (χ0v) is 20.4. The summed E-state index contributed by atoms with van der Waals surface area (Å²) in [6.07, 6.45) is 8.04. The Labute approximate surface area is 186 Å². The van der Waals surface area contributed by atoms with Gasteiger partial charge in [-0.05, 0) is 85.6 Å². The summed E-state index contributed by atoms with van der Waals surface area (Å²) < 4.78 is 22.1. The van der Waals surface area contributed by atoms with Crippen LogP contribution in [0.15, 0.2) is 36.0 Å². The van der Waals surface area contributed by atoms with Crippen LogP contribution in [0.1, 0.15) is 51.3 Å². The number of hydrogen-bond acceptors (Lipinski definition) is 3. The van der Waals surface area contributed by atoms with Crippen molar-refractivity contribution in [3.05, 3.63) is 53.1 Å². The van der Waals surface area contributed by atoms with Crippen molar-refractivity contribution in [3.63, 3.8) is 0 Å². The second-order valence-electron chi connectivity index (χ2n) is 10.9. The highest BCUT2D eigenvalue weighted by molar-refractivity contribution is 6.74. The van der Waals surface area contributed by atoms with E-state index in [1.54, 1.807) is 12.1 Å². The van der Waals surface area contributed by atoms with E-state index in [0.29, 0.717) is 12.5 Å². The maximum atomic E-state index is 13.4. The Morgan fingerprint density at radius 2 is 1.97 bits per heavy atom. The Morgan fingerprint density at radius 1 is 1.26 bits per heavy atom. The van der Waals surface area contributed by atoms with Crippen LogP contribution in [0.4, 0.5) is 4.39 Å². The van der Waals surface area contributed by atoms with Crippen LogP contribution in [0.5, 0.6) is 0 Å². The standard InChI is InChI=1S/C25H35FN2O2Si/c1-24(2,3)31(4,5)30-17-25-13-18(16-29)6-7-20(25)12-23-19(14-25)15-27-28(23)22-10-8-21(26)9-11-22/h8-12,15,18,29H,6-7,13-14,16-17H2,1-5H3/t18-,25-/m0/s1. The lowest BCUT2D eigenvalue weighted by Crippen LogP contribution is -2.47. The molecule has 31 heavy (non-hydrogen) atoms. The summed E-state index contributed by atoms with van der Waals surface area (Å²) in [4.78, 5) is 0. The lowest BCUT2D eigenvalue weighted by Gasteiger charge is -2.47. The van der Waals surface area contributed by atoms with Gasteiger partial charge in [-0.25, -0.2) is 9.07 Å². The number of halogens is 1. The molecule has 0 amide bonds. The van der Waals surface area contributed by atoms with E-state index in [-0.39, 0.29) is 22.9 Å². The number of rotatable bonds is 5. The molecule has 0 saturated heterocycles. The Kier molecular flexibility index (Phi) is 5.77. The topological polar surface area (TPSA) is 47.3 Å². The minimum Gasteiger partial charge on any atom is -0.416 e. The van der Waals surface area contributed by atoms with Gasteiger partial charge in [-0.1, -0.05) is 26.3 Å². The SMILES string of the molecule is CC(C)(C)[Si](C)(C)OC[C@]12Cc3cnn(-c4ccc(F)cc4)c3C=C1CC[C@H](CO)C2. The molecule has 0 unspecified atom stereocenters. The molecule has 1 saturated carbocycles. The van der Waals surface area contributed by atoms with E-state index in [0.717, 1.165) is 37.1 Å². The van der Waals surface area contributed by atoms with Gasteiger partial charge in [0.05, 0.1) is 17.6 Å². The quantitative estimate of drug-likeness (QED) is 0.600. The molecule has 0 spiro atoms. The van der Waals surface area contributed by atoms with Gasteiger partial charge in [0.2, 0.25) is 0 Å². The van der Waals surface area contributed by atoms with E-state index < -0.39 is 8.32 Å². The molecule has 1 aromatic heterocycles. The van der Waals surface area contributed by atoms with Gasteiger partial charge in [-0.3, -0.25) is 0 Å². The lowest BCUT2D eigenvalue weighted by atomic mass is 9.62. The number of aromatic nitrogens is 2. The number of nitrogens with zero attached hydrogens (tertiary/aromatic N) is 2. The molecule has 2 atom stereocenters. The lowest BCUT2D eigenvalue weighted by molar-refractivity contribution is 0.0839. The van der Waals surface area contributed by atoms with Crippen molar-refractivity contribution in [2.75, 3.05) is 13.2 Å². The summed E-state index contributed by atoms with van der Waals surface area (Å²) in [5, 5.41) is 14.7. The predicted octanol–water partition coefficient (Wildman–Crippen LogP) is 5.75. The second kappa shape index (κ2) is 7.98. The van der Waals surface area contributed by atoms with E-state index in [1.807, 2.05) is 10.9 Å². The van der Waals surface area contributed by atoms with Gasteiger partial charge in [-0.15, -0.1) is 0 Å². The highest BCUT2D eigenvalue weighted by Gasteiger charge is 2.46. The van der Waals surface area contributed by atoms with Crippen molar-refractivity contribution in [2.24, 2.45) is 11.3 Å². The van der Waals surface area contributed by atoms with Crippen LogP contribution < -0.4 is 0 Å². The molecule has 2 aromatic rings. The summed E-state index contributed by atoms with van der Waals surface area (Å²) in [5.74, 6) is 0.0705. The van der Waals surface area contributed by atoms with Gasteiger partial charge in [0.1, 0.15) is 5.82 Å². The van der Waals surface area contributed by atoms with Crippen molar-refractivity contribution in [1.29, 1.82) is 0 Å². The Bertz CT molecular complexity index is 974. The zero-order valence-electron chi connectivity index (χ0n) is 19.4.